The van der Waals surface area contributed by atoms with Crippen LogP contribution in [0.15, 0.2) is 6.07 Å². The van der Waals surface area contributed by atoms with Crippen LogP contribution in [0.25, 0.3) is 0 Å². The first-order valence-corrected chi connectivity index (χ1v) is 6.83. The Morgan fingerprint density at radius 3 is 2.61 bits per heavy atom. The van der Waals surface area contributed by atoms with Crippen LogP contribution in [0.4, 0.5) is 5.95 Å². The monoisotopic (exact) mass is 248 g/mol. The van der Waals surface area contributed by atoms with Crippen LogP contribution in [0.5, 0.6) is 0 Å². The highest BCUT2D eigenvalue weighted by molar-refractivity contribution is 5.34. The molecule has 0 aliphatic carbocycles. The van der Waals surface area contributed by atoms with Gasteiger partial charge in [0.2, 0.25) is 5.95 Å². The molecule has 0 spiro atoms. The fourth-order valence-electron chi connectivity index (χ4n) is 2.41. The number of nitrogens with two attached hydrogens (primary N) is 1. The molecule has 0 bridgehead atoms. The molecule has 0 radical (unpaired) electrons. The van der Waals surface area contributed by atoms with E-state index in [-0.39, 0.29) is 6.04 Å². The van der Waals surface area contributed by atoms with E-state index in [4.69, 9.17) is 5.73 Å². The number of nitrogens with zero attached hydrogens (tertiary/aromatic N) is 3. The molecule has 4 nitrogen and oxygen atoms in total. The standard InChI is InChI=1S/C14H24N4/c1-9(2)13-7-10(3)16-14(17-13)18-6-5-12(8-18)11(4)15/h7,9,11-12H,5-6,8,15H2,1-4H3. The lowest BCUT2D eigenvalue weighted by Crippen LogP contribution is -2.30. The number of hydrogen-bond acceptors (Lipinski definition) is 4. The highest BCUT2D eigenvalue weighted by atomic mass is 15.3. The van der Waals surface area contributed by atoms with Crippen LogP contribution < -0.4 is 10.6 Å². The molecule has 2 heterocycles. The van der Waals surface area contributed by atoms with Crippen molar-refractivity contribution in [3.05, 3.63) is 17.5 Å². The van der Waals surface area contributed by atoms with Crippen molar-refractivity contribution in [1.82, 2.24) is 9.97 Å². The molecular weight excluding hydrogens is 224 g/mol. The normalized spacial score (nSPS) is 21.7. The zero-order valence-electron chi connectivity index (χ0n) is 11.8. The van der Waals surface area contributed by atoms with Gasteiger partial charge >= 0.3 is 0 Å². The summed E-state index contributed by atoms with van der Waals surface area (Å²) in [5.74, 6) is 1.88. The molecule has 2 unspecified atom stereocenters. The Morgan fingerprint density at radius 1 is 1.33 bits per heavy atom. The first-order valence-electron chi connectivity index (χ1n) is 6.83. The van der Waals surface area contributed by atoms with Gasteiger partial charge in [0.15, 0.2) is 0 Å². The highest BCUT2D eigenvalue weighted by Gasteiger charge is 2.27. The van der Waals surface area contributed by atoms with Gasteiger partial charge in [-0.1, -0.05) is 13.8 Å². The third-order valence-electron chi connectivity index (χ3n) is 3.70. The van der Waals surface area contributed by atoms with Crippen LogP contribution in [-0.2, 0) is 0 Å². The quantitative estimate of drug-likeness (QED) is 0.890. The summed E-state index contributed by atoms with van der Waals surface area (Å²) >= 11 is 0. The predicted octanol–water partition coefficient (Wildman–Crippen LogP) is 2.08. The third kappa shape index (κ3) is 2.80. The molecule has 1 aromatic rings. The van der Waals surface area contributed by atoms with Crippen LogP contribution in [0.2, 0.25) is 0 Å². The van der Waals surface area contributed by atoms with E-state index in [2.05, 4.69) is 41.7 Å². The van der Waals surface area contributed by atoms with E-state index in [9.17, 15) is 0 Å². The van der Waals surface area contributed by atoms with Gasteiger partial charge in [-0.25, -0.2) is 9.97 Å². The summed E-state index contributed by atoms with van der Waals surface area (Å²) < 4.78 is 0. The Kier molecular flexibility index (Phi) is 3.85. The Bertz CT molecular complexity index is 414. The van der Waals surface area contributed by atoms with Crippen molar-refractivity contribution in [3.63, 3.8) is 0 Å². The Balaban J connectivity index is 2.19. The summed E-state index contributed by atoms with van der Waals surface area (Å²) in [6, 6.07) is 2.33. The molecule has 0 aromatic carbocycles. The van der Waals surface area contributed by atoms with Gasteiger partial charge in [0.05, 0.1) is 0 Å². The van der Waals surface area contributed by atoms with Crippen LogP contribution in [0.3, 0.4) is 0 Å². The van der Waals surface area contributed by atoms with Crippen molar-refractivity contribution in [3.8, 4) is 0 Å². The van der Waals surface area contributed by atoms with Gasteiger partial charge in [-0.3, -0.25) is 0 Å². The first-order chi connectivity index (χ1) is 8.47. The SMILES string of the molecule is Cc1cc(C(C)C)nc(N2CCC(C(C)N)C2)n1. The maximum Gasteiger partial charge on any atom is 0.225 e. The second-order valence-corrected chi connectivity index (χ2v) is 5.74. The zero-order chi connectivity index (χ0) is 13.3. The van der Waals surface area contributed by atoms with Crippen molar-refractivity contribution in [2.45, 2.75) is 46.1 Å². The maximum atomic E-state index is 5.98. The summed E-state index contributed by atoms with van der Waals surface area (Å²) in [5, 5.41) is 0. The highest BCUT2D eigenvalue weighted by Crippen LogP contribution is 2.24. The van der Waals surface area contributed by atoms with Gasteiger partial charge in [-0.05, 0) is 38.2 Å². The molecular formula is C14H24N4. The summed E-state index contributed by atoms with van der Waals surface area (Å²) in [4.78, 5) is 11.5. The van der Waals surface area contributed by atoms with E-state index in [0.717, 1.165) is 36.8 Å². The van der Waals surface area contributed by atoms with Crippen molar-refractivity contribution in [2.75, 3.05) is 18.0 Å². The Morgan fingerprint density at radius 2 is 2.06 bits per heavy atom. The number of anilines is 1. The van der Waals surface area contributed by atoms with Crippen LogP contribution in [-0.4, -0.2) is 29.1 Å². The van der Waals surface area contributed by atoms with Crippen molar-refractivity contribution in [2.24, 2.45) is 11.7 Å². The van der Waals surface area contributed by atoms with E-state index in [0.29, 0.717) is 11.8 Å². The van der Waals surface area contributed by atoms with E-state index in [1.165, 1.54) is 0 Å². The average molecular weight is 248 g/mol. The van der Waals surface area contributed by atoms with Crippen LogP contribution in [0.1, 0.15) is 44.5 Å². The molecule has 100 valence electrons. The second kappa shape index (κ2) is 5.22. The van der Waals surface area contributed by atoms with Crippen molar-refractivity contribution in [1.29, 1.82) is 0 Å². The minimum Gasteiger partial charge on any atom is -0.340 e. The van der Waals surface area contributed by atoms with Gasteiger partial charge in [-0.2, -0.15) is 0 Å². The number of rotatable bonds is 3. The average Bonchev–Trinajstić information content (AvgIpc) is 2.77. The number of hydrogen-bond donors (Lipinski definition) is 1. The number of aryl methyl sites for hydroxylation is 1. The van der Waals surface area contributed by atoms with Gasteiger partial charge in [0, 0.05) is 30.5 Å². The molecule has 1 saturated heterocycles. The molecule has 1 aliphatic heterocycles. The van der Waals surface area contributed by atoms with Crippen molar-refractivity contribution >= 4 is 5.95 Å². The summed E-state index contributed by atoms with van der Waals surface area (Å²) in [5.41, 5.74) is 8.15. The topological polar surface area (TPSA) is 55.0 Å². The van der Waals surface area contributed by atoms with Gasteiger partial charge in [0.25, 0.3) is 0 Å². The minimum absolute atomic E-state index is 0.254. The molecule has 0 amide bonds. The largest absolute Gasteiger partial charge is 0.340 e. The predicted molar refractivity (Wildman–Crippen MR) is 74.8 cm³/mol. The van der Waals surface area contributed by atoms with E-state index in [1.807, 2.05) is 6.92 Å². The molecule has 2 atom stereocenters. The summed E-state index contributed by atoms with van der Waals surface area (Å²) in [6.07, 6.45) is 1.14. The zero-order valence-corrected chi connectivity index (χ0v) is 11.8. The minimum atomic E-state index is 0.254. The second-order valence-electron chi connectivity index (χ2n) is 5.74. The molecule has 4 heteroatoms. The van der Waals surface area contributed by atoms with Crippen molar-refractivity contribution < 1.29 is 0 Å². The Hall–Kier alpha value is -1.16. The van der Waals surface area contributed by atoms with Gasteiger partial charge < -0.3 is 10.6 Å². The third-order valence-corrected chi connectivity index (χ3v) is 3.70. The number of aromatic nitrogens is 2. The van der Waals surface area contributed by atoms with E-state index in [1.54, 1.807) is 0 Å². The first kappa shape index (κ1) is 13.3. The van der Waals surface area contributed by atoms with Gasteiger partial charge in [0.1, 0.15) is 0 Å². The fraction of sp³-hybridized carbons (Fsp3) is 0.714. The lowest BCUT2D eigenvalue weighted by Gasteiger charge is -2.19. The molecule has 1 aromatic heterocycles. The van der Waals surface area contributed by atoms with Crippen LogP contribution >= 0.6 is 0 Å². The van der Waals surface area contributed by atoms with Crippen LogP contribution in [0, 0.1) is 12.8 Å². The molecule has 2 N–H and O–H groups in total. The fourth-order valence-corrected chi connectivity index (χ4v) is 2.41. The van der Waals surface area contributed by atoms with E-state index >= 15 is 0 Å². The molecule has 1 aliphatic rings. The molecule has 1 fully saturated rings. The Labute approximate surface area is 110 Å². The smallest absolute Gasteiger partial charge is 0.225 e. The molecule has 0 saturated carbocycles. The lowest BCUT2D eigenvalue weighted by atomic mass is 10.0. The molecule has 18 heavy (non-hydrogen) atoms. The van der Waals surface area contributed by atoms with E-state index < -0.39 is 0 Å². The lowest BCUT2D eigenvalue weighted by molar-refractivity contribution is 0.487. The summed E-state index contributed by atoms with van der Waals surface area (Å²) in [6.45, 7) is 10.5. The summed E-state index contributed by atoms with van der Waals surface area (Å²) in [7, 11) is 0. The maximum absolute atomic E-state index is 5.98. The van der Waals surface area contributed by atoms with Gasteiger partial charge in [-0.15, -0.1) is 0 Å². The molecule has 2 rings (SSSR count).